The first-order valence-corrected chi connectivity index (χ1v) is 5.81. The normalized spacial score (nSPS) is 10.8. The molecule has 2 aromatic heterocycles. The molecule has 0 aliphatic carbocycles. The number of H-pyrrole nitrogens is 1. The highest BCUT2D eigenvalue weighted by molar-refractivity contribution is 9.10. The summed E-state index contributed by atoms with van der Waals surface area (Å²) in [6.07, 6.45) is 3.60. The zero-order chi connectivity index (χ0) is 11.0. The van der Waals surface area contributed by atoms with Gasteiger partial charge >= 0.3 is 0 Å². The molecule has 0 fully saturated rings. The summed E-state index contributed by atoms with van der Waals surface area (Å²) >= 11 is 3.47. The summed E-state index contributed by atoms with van der Waals surface area (Å²) in [5.74, 6) is 0. The predicted octanol–water partition coefficient (Wildman–Crippen LogP) is 3.99. The number of rotatable bonds is 1. The van der Waals surface area contributed by atoms with Gasteiger partial charge in [0.1, 0.15) is 0 Å². The number of nitrogens with one attached hydrogen (secondary N) is 1. The lowest BCUT2D eigenvalue weighted by molar-refractivity contribution is 1.32. The summed E-state index contributed by atoms with van der Waals surface area (Å²) < 4.78 is 1.10. The minimum absolute atomic E-state index is 1.10. The van der Waals surface area contributed by atoms with Crippen molar-refractivity contribution in [3.05, 3.63) is 53.3 Å². The van der Waals surface area contributed by atoms with E-state index >= 15 is 0 Å². The van der Waals surface area contributed by atoms with Gasteiger partial charge in [0.05, 0.1) is 0 Å². The van der Waals surface area contributed by atoms with Crippen LogP contribution in [-0.4, -0.2) is 9.97 Å². The third-order valence-corrected chi connectivity index (χ3v) is 3.07. The molecule has 0 spiro atoms. The Labute approximate surface area is 101 Å². The molecule has 2 heterocycles. The molecular weight excluding hydrogens is 264 g/mol. The van der Waals surface area contributed by atoms with E-state index in [9.17, 15) is 0 Å². The van der Waals surface area contributed by atoms with Crippen molar-refractivity contribution in [2.75, 3.05) is 0 Å². The SMILES string of the molecule is Brc1ccc2[nH]c(-c3ccncc3)cc2c1. The van der Waals surface area contributed by atoms with Crippen LogP contribution in [0.5, 0.6) is 0 Å². The van der Waals surface area contributed by atoms with E-state index < -0.39 is 0 Å². The molecule has 0 saturated heterocycles. The third-order valence-electron chi connectivity index (χ3n) is 2.57. The van der Waals surface area contributed by atoms with Crippen molar-refractivity contribution in [3.63, 3.8) is 0 Å². The molecule has 78 valence electrons. The van der Waals surface area contributed by atoms with Gasteiger partial charge in [0, 0.05) is 39.0 Å². The van der Waals surface area contributed by atoms with Crippen LogP contribution >= 0.6 is 15.9 Å². The van der Waals surface area contributed by atoms with E-state index in [1.165, 1.54) is 5.39 Å². The van der Waals surface area contributed by atoms with E-state index in [-0.39, 0.29) is 0 Å². The Bertz CT molecular complexity index is 629. The fourth-order valence-electron chi connectivity index (χ4n) is 1.79. The van der Waals surface area contributed by atoms with Crippen LogP contribution in [0.2, 0.25) is 0 Å². The topological polar surface area (TPSA) is 28.7 Å². The van der Waals surface area contributed by atoms with E-state index in [2.05, 4.69) is 44.1 Å². The summed E-state index contributed by atoms with van der Waals surface area (Å²) in [6.45, 7) is 0. The minimum atomic E-state index is 1.10. The first-order chi connectivity index (χ1) is 7.83. The Hall–Kier alpha value is -1.61. The van der Waals surface area contributed by atoms with Gasteiger partial charge < -0.3 is 4.98 Å². The van der Waals surface area contributed by atoms with Crippen LogP contribution < -0.4 is 0 Å². The molecule has 0 bridgehead atoms. The maximum atomic E-state index is 4.02. The summed E-state index contributed by atoms with van der Waals surface area (Å²) in [7, 11) is 0. The number of hydrogen-bond acceptors (Lipinski definition) is 1. The summed E-state index contributed by atoms with van der Waals surface area (Å²) in [6, 6.07) is 12.4. The smallest absolute Gasteiger partial charge is 0.0465 e. The summed E-state index contributed by atoms with van der Waals surface area (Å²) in [5, 5.41) is 1.21. The van der Waals surface area contributed by atoms with E-state index in [0.717, 1.165) is 21.2 Å². The molecule has 2 nitrogen and oxygen atoms in total. The number of pyridine rings is 1. The zero-order valence-electron chi connectivity index (χ0n) is 8.44. The lowest BCUT2D eigenvalue weighted by Crippen LogP contribution is -1.76. The minimum Gasteiger partial charge on any atom is -0.355 e. The maximum absolute atomic E-state index is 4.02. The van der Waals surface area contributed by atoms with Gasteiger partial charge in [0.25, 0.3) is 0 Å². The second-order valence-corrected chi connectivity index (χ2v) is 4.57. The largest absolute Gasteiger partial charge is 0.355 e. The Morgan fingerprint density at radius 1 is 1.00 bits per heavy atom. The molecule has 0 atom stereocenters. The van der Waals surface area contributed by atoms with Crippen LogP contribution in [0, 0.1) is 0 Å². The number of nitrogens with zero attached hydrogens (tertiary/aromatic N) is 1. The number of benzene rings is 1. The van der Waals surface area contributed by atoms with Crippen LogP contribution in [-0.2, 0) is 0 Å². The van der Waals surface area contributed by atoms with Crippen LogP contribution in [0.15, 0.2) is 53.3 Å². The molecule has 0 unspecified atom stereocenters. The molecule has 0 amide bonds. The first-order valence-electron chi connectivity index (χ1n) is 5.01. The van der Waals surface area contributed by atoms with Crippen molar-refractivity contribution < 1.29 is 0 Å². The second kappa shape index (κ2) is 3.76. The zero-order valence-corrected chi connectivity index (χ0v) is 10.0. The van der Waals surface area contributed by atoms with Crippen molar-refractivity contribution >= 4 is 26.8 Å². The van der Waals surface area contributed by atoms with Crippen LogP contribution in [0.3, 0.4) is 0 Å². The molecule has 0 radical (unpaired) electrons. The Balaban J connectivity index is 2.19. The summed E-state index contributed by atoms with van der Waals surface area (Å²) in [4.78, 5) is 7.41. The lowest BCUT2D eigenvalue weighted by Gasteiger charge is -1.94. The Morgan fingerprint density at radius 3 is 2.62 bits per heavy atom. The van der Waals surface area contributed by atoms with Gasteiger partial charge in [-0.3, -0.25) is 4.98 Å². The Morgan fingerprint density at radius 2 is 1.81 bits per heavy atom. The van der Waals surface area contributed by atoms with Gasteiger partial charge in [0.15, 0.2) is 0 Å². The van der Waals surface area contributed by atoms with Crippen molar-refractivity contribution in [1.82, 2.24) is 9.97 Å². The van der Waals surface area contributed by atoms with E-state index in [1.54, 1.807) is 12.4 Å². The predicted molar refractivity (Wildman–Crippen MR) is 69.2 cm³/mol. The molecular formula is C13H9BrN2. The molecule has 1 aromatic carbocycles. The van der Waals surface area contributed by atoms with Gasteiger partial charge in [-0.25, -0.2) is 0 Å². The van der Waals surface area contributed by atoms with Crippen molar-refractivity contribution in [1.29, 1.82) is 0 Å². The van der Waals surface area contributed by atoms with Crippen molar-refractivity contribution in [2.45, 2.75) is 0 Å². The fourth-order valence-corrected chi connectivity index (χ4v) is 2.17. The number of halogens is 1. The number of fused-ring (bicyclic) bond motifs is 1. The van der Waals surface area contributed by atoms with Gasteiger partial charge in [-0.1, -0.05) is 15.9 Å². The van der Waals surface area contributed by atoms with Crippen LogP contribution in [0.1, 0.15) is 0 Å². The van der Waals surface area contributed by atoms with Crippen molar-refractivity contribution in [2.24, 2.45) is 0 Å². The van der Waals surface area contributed by atoms with Gasteiger partial charge in [-0.05, 0) is 36.4 Å². The maximum Gasteiger partial charge on any atom is 0.0465 e. The van der Waals surface area contributed by atoms with E-state index in [4.69, 9.17) is 0 Å². The molecule has 3 rings (SSSR count). The Kier molecular flexibility index (Phi) is 2.26. The number of aromatic nitrogens is 2. The quantitative estimate of drug-likeness (QED) is 0.713. The fraction of sp³-hybridized carbons (Fsp3) is 0. The molecule has 3 heteroatoms. The van der Waals surface area contributed by atoms with Gasteiger partial charge in [0.2, 0.25) is 0 Å². The summed E-state index contributed by atoms with van der Waals surface area (Å²) in [5.41, 5.74) is 3.42. The molecule has 16 heavy (non-hydrogen) atoms. The van der Waals surface area contributed by atoms with Gasteiger partial charge in [-0.15, -0.1) is 0 Å². The third kappa shape index (κ3) is 1.63. The second-order valence-electron chi connectivity index (χ2n) is 3.65. The van der Waals surface area contributed by atoms with Crippen LogP contribution in [0.25, 0.3) is 22.2 Å². The number of hydrogen-bond donors (Lipinski definition) is 1. The number of aromatic amines is 1. The molecule has 0 aliphatic heterocycles. The lowest BCUT2D eigenvalue weighted by atomic mass is 10.2. The average molecular weight is 273 g/mol. The monoisotopic (exact) mass is 272 g/mol. The average Bonchev–Trinajstić information content (AvgIpc) is 2.73. The highest BCUT2D eigenvalue weighted by atomic mass is 79.9. The standard InChI is InChI=1S/C13H9BrN2/c14-11-1-2-12-10(7-11)8-13(16-12)9-3-5-15-6-4-9/h1-8,16H. The first kappa shape index (κ1) is 9.60. The highest BCUT2D eigenvalue weighted by Gasteiger charge is 2.02. The highest BCUT2D eigenvalue weighted by Crippen LogP contribution is 2.25. The molecule has 3 aromatic rings. The van der Waals surface area contributed by atoms with E-state index in [0.29, 0.717) is 0 Å². The van der Waals surface area contributed by atoms with Gasteiger partial charge in [-0.2, -0.15) is 0 Å². The van der Waals surface area contributed by atoms with Crippen LogP contribution in [0.4, 0.5) is 0 Å². The molecule has 1 N–H and O–H groups in total. The van der Waals surface area contributed by atoms with E-state index in [1.807, 2.05) is 18.2 Å². The van der Waals surface area contributed by atoms with Crippen molar-refractivity contribution in [3.8, 4) is 11.3 Å². The molecule has 0 aliphatic rings. The molecule has 0 saturated carbocycles.